The van der Waals surface area contributed by atoms with Crippen molar-refractivity contribution in [3.05, 3.63) is 64.4 Å². The Bertz CT molecular complexity index is 748. The molecule has 1 amide bonds. The van der Waals surface area contributed by atoms with Crippen LogP contribution < -0.4 is 4.74 Å². The molecule has 1 saturated carbocycles. The van der Waals surface area contributed by atoms with Gasteiger partial charge in [0.1, 0.15) is 11.6 Å². The summed E-state index contributed by atoms with van der Waals surface area (Å²) in [6.45, 7) is 0.440. The SMILES string of the molecule is COc1ccc(Cl)cc1CN(C)C(=O)C1CC1c1ccc(F)cc1. The third kappa shape index (κ3) is 3.54. The van der Waals surface area contributed by atoms with Gasteiger partial charge in [0.2, 0.25) is 5.91 Å². The van der Waals surface area contributed by atoms with Gasteiger partial charge in [-0.05, 0) is 48.2 Å². The number of benzene rings is 2. The van der Waals surface area contributed by atoms with Crippen molar-refractivity contribution in [1.82, 2.24) is 4.90 Å². The molecular formula is C19H19ClFNO2. The van der Waals surface area contributed by atoms with Gasteiger partial charge in [0.25, 0.3) is 0 Å². The van der Waals surface area contributed by atoms with Crippen LogP contribution in [0.4, 0.5) is 4.39 Å². The molecule has 0 saturated heterocycles. The molecule has 0 aliphatic heterocycles. The van der Waals surface area contributed by atoms with E-state index in [4.69, 9.17) is 16.3 Å². The van der Waals surface area contributed by atoms with E-state index in [-0.39, 0.29) is 23.6 Å². The molecule has 0 heterocycles. The average molecular weight is 348 g/mol. The summed E-state index contributed by atoms with van der Waals surface area (Å²) in [6.07, 6.45) is 0.807. The zero-order valence-corrected chi connectivity index (χ0v) is 14.4. The fraction of sp³-hybridized carbons (Fsp3) is 0.316. The van der Waals surface area contributed by atoms with Gasteiger partial charge in [0, 0.05) is 30.1 Å². The van der Waals surface area contributed by atoms with Gasteiger partial charge >= 0.3 is 0 Å². The lowest BCUT2D eigenvalue weighted by atomic mass is 10.1. The molecule has 126 valence electrons. The predicted molar refractivity (Wildman–Crippen MR) is 91.7 cm³/mol. The maximum Gasteiger partial charge on any atom is 0.226 e. The quantitative estimate of drug-likeness (QED) is 0.809. The van der Waals surface area contributed by atoms with Crippen LogP contribution in [0.25, 0.3) is 0 Å². The first kappa shape index (κ1) is 16.8. The van der Waals surface area contributed by atoms with Crippen molar-refractivity contribution >= 4 is 17.5 Å². The molecule has 0 spiro atoms. The second-order valence-corrected chi connectivity index (χ2v) is 6.59. The van der Waals surface area contributed by atoms with E-state index in [2.05, 4.69) is 0 Å². The van der Waals surface area contributed by atoms with Crippen molar-refractivity contribution in [2.45, 2.75) is 18.9 Å². The first-order chi connectivity index (χ1) is 11.5. The summed E-state index contributed by atoms with van der Waals surface area (Å²) in [5.74, 6) is 0.691. The van der Waals surface area contributed by atoms with Gasteiger partial charge in [-0.3, -0.25) is 4.79 Å². The largest absolute Gasteiger partial charge is 0.496 e. The van der Waals surface area contributed by atoms with E-state index in [9.17, 15) is 9.18 Å². The number of methoxy groups -OCH3 is 1. The molecule has 2 aromatic rings. The monoisotopic (exact) mass is 347 g/mol. The fourth-order valence-electron chi connectivity index (χ4n) is 3.03. The van der Waals surface area contributed by atoms with Crippen molar-refractivity contribution in [3.8, 4) is 5.75 Å². The normalized spacial score (nSPS) is 19.0. The van der Waals surface area contributed by atoms with Gasteiger partial charge in [0.15, 0.2) is 0 Å². The van der Waals surface area contributed by atoms with E-state index in [1.165, 1.54) is 12.1 Å². The molecule has 2 atom stereocenters. The Labute approximate surface area is 146 Å². The highest BCUT2D eigenvalue weighted by atomic mass is 35.5. The molecule has 24 heavy (non-hydrogen) atoms. The van der Waals surface area contributed by atoms with E-state index in [0.29, 0.717) is 17.3 Å². The van der Waals surface area contributed by atoms with Crippen molar-refractivity contribution in [2.24, 2.45) is 5.92 Å². The summed E-state index contributed by atoms with van der Waals surface area (Å²) in [4.78, 5) is 14.3. The Hall–Kier alpha value is -2.07. The smallest absolute Gasteiger partial charge is 0.226 e. The Morgan fingerprint density at radius 3 is 2.67 bits per heavy atom. The highest BCUT2D eigenvalue weighted by Crippen LogP contribution is 2.48. The molecule has 2 unspecified atom stereocenters. The van der Waals surface area contributed by atoms with Crippen LogP contribution in [-0.2, 0) is 11.3 Å². The average Bonchev–Trinajstić information content (AvgIpc) is 3.35. The minimum atomic E-state index is -0.257. The van der Waals surface area contributed by atoms with Crippen LogP contribution in [-0.4, -0.2) is 25.0 Å². The summed E-state index contributed by atoms with van der Waals surface area (Å²) < 4.78 is 18.3. The van der Waals surface area contributed by atoms with Crippen LogP contribution in [0.3, 0.4) is 0 Å². The molecule has 5 heteroatoms. The molecule has 0 N–H and O–H groups in total. The summed E-state index contributed by atoms with van der Waals surface area (Å²) in [6, 6.07) is 11.8. The minimum Gasteiger partial charge on any atom is -0.496 e. The number of hydrogen-bond donors (Lipinski definition) is 0. The van der Waals surface area contributed by atoms with E-state index in [1.807, 2.05) is 6.07 Å². The molecule has 1 aliphatic carbocycles. The summed E-state index contributed by atoms with van der Waals surface area (Å²) in [5, 5.41) is 0.613. The third-order valence-corrected chi connectivity index (χ3v) is 4.67. The van der Waals surface area contributed by atoms with Gasteiger partial charge in [-0.1, -0.05) is 23.7 Å². The van der Waals surface area contributed by atoms with Crippen LogP contribution in [0.5, 0.6) is 5.75 Å². The number of carbonyl (C=O) groups excluding carboxylic acids is 1. The number of nitrogens with zero attached hydrogens (tertiary/aromatic N) is 1. The van der Waals surface area contributed by atoms with E-state index >= 15 is 0 Å². The number of halogens is 2. The standard InChI is InChI=1S/C19H19ClFNO2/c1-22(11-13-9-14(20)5-8-18(13)24-2)19(23)17-10-16(17)12-3-6-15(21)7-4-12/h3-9,16-17H,10-11H2,1-2H3. The maximum absolute atomic E-state index is 13.0. The predicted octanol–water partition coefficient (Wildman–Crippen LogP) is 4.25. The Balaban J connectivity index is 1.66. The van der Waals surface area contributed by atoms with E-state index in [0.717, 1.165) is 17.5 Å². The third-order valence-electron chi connectivity index (χ3n) is 4.43. The first-order valence-electron chi connectivity index (χ1n) is 7.82. The van der Waals surface area contributed by atoms with Crippen LogP contribution in [0.2, 0.25) is 5.02 Å². The molecule has 3 nitrogen and oxygen atoms in total. The Morgan fingerprint density at radius 1 is 1.29 bits per heavy atom. The van der Waals surface area contributed by atoms with Gasteiger partial charge < -0.3 is 9.64 Å². The Kier molecular flexibility index (Phi) is 4.76. The molecule has 1 aliphatic rings. The lowest BCUT2D eigenvalue weighted by Crippen LogP contribution is -2.28. The van der Waals surface area contributed by atoms with Crippen LogP contribution >= 0.6 is 11.6 Å². The summed E-state index contributed by atoms with van der Waals surface area (Å²) in [5.41, 5.74) is 1.89. The van der Waals surface area contributed by atoms with E-state index < -0.39 is 0 Å². The molecule has 1 fully saturated rings. The van der Waals surface area contributed by atoms with Gasteiger partial charge in [-0.2, -0.15) is 0 Å². The number of amides is 1. The van der Waals surface area contributed by atoms with Crippen LogP contribution in [0, 0.1) is 11.7 Å². The topological polar surface area (TPSA) is 29.5 Å². The minimum absolute atomic E-state index is 0.0364. The van der Waals surface area contributed by atoms with Crippen molar-refractivity contribution < 1.29 is 13.9 Å². The zero-order chi connectivity index (χ0) is 17.3. The van der Waals surface area contributed by atoms with E-state index in [1.54, 1.807) is 43.3 Å². The second-order valence-electron chi connectivity index (χ2n) is 6.15. The van der Waals surface area contributed by atoms with Crippen molar-refractivity contribution in [2.75, 3.05) is 14.2 Å². The van der Waals surface area contributed by atoms with Gasteiger partial charge in [-0.15, -0.1) is 0 Å². The number of carbonyl (C=O) groups is 1. The van der Waals surface area contributed by atoms with Crippen LogP contribution in [0.1, 0.15) is 23.5 Å². The number of hydrogen-bond acceptors (Lipinski definition) is 2. The Morgan fingerprint density at radius 2 is 2.00 bits per heavy atom. The summed E-state index contributed by atoms with van der Waals surface area (Å²) in [7, 11) is 3.38. The molecule has 0 aromatic heterocycles. The van der Waals surface area contributed by atoms with Crippen LogP contribution in [0.15, 0.2) is 42.5 Å². The highest BCUT2D eigenvalue weighted by Gasteiger charge is 2.45. The lowest BCUT2D eigenvalue weighted by Gasteiger charge is -2.19. The molecule has 3 rings (SSSR count). The number of rotatable bonds is 5. The fourth-order valence-corrected chi connectivity index (χ4v) is 3.23. The lowest BCUT2D eigenvalue weighted by molar-refractivity contribution is -0.131. The second kappa shape index (κ2) is 6.81. The first-order valence-corrected chi connectivity index (χ1v) is 8.20. The van der Waals surface area contributed by atoms with Gasteiger partial charge in [0.05, 0.1) is 7.11 Å². The molecule has 0 bridgehead atoms. The van der Waals surface area contributed by atoms with Crippen molar-refractivity contribution in [3.63, 3.8) is 0 Å². The highest BCUT2D eigenvalue weighted by molar-refractivity contribution is 6.30. The van der Waals surface area contributed by atoms with Gasteiger partial charge in [-0.25, -0.2) is 4.39 Å². The molecule has 0 radical (unpaired) electrons. The molecule has 2 aromatic carbocycles. The summed E-state index contributed by atoms with van der Waals surface area (Å²) >= 11 is 6.04. The van der Waals surface area contributed by atoms with Crippen molar-refractivity contribution in [1.29, 1.82) is 0 Å². The maximum atomic E-state index is 13.0. The zero-order valence-electron chi connectivity index (χ0n) is 13.6. The number of ether oxygens (including phenoxy) is 1. The molecular weight excluding hydrogens is 329 g/mol.